The molecular weight excluding hydrogens is 703 g/mol. The molecule has 4 aromatic carbocycles. The first kappa shape index (κ1) is 39.6. The number of benzene rings is 4. The number of carbonyl (C=O) groups excluding carboxylic acids is 2. The molecule has 0 saturated carbocycles. The summed E-state index contributed by atoms with van der Waals surface area (Å²) in [5.41, 5.74) is 4.66. The molecule has 8 nitrogen and oxygen atoms in total. The molecule has 2 aromatic heterocycles. The van der Waals surface area contributed by atoms with E-state index in [9.17, 15) is 24.2 Å². The van der Waals surface area contributed by atoms with E-state index in [4.69, 9.17) is 24.7 Å². The van der Waals surface area contributed by atoms with Crippen molar-refractivity contribution < 1.29 is 24.2 Å². The zero-order chi connectivity index (χ0) is 39.5. The summed E-state index contributed by atoms with van der Waals surface area (Å²) in [6, 6.07) is 21.8. The molecular formula is C44H42ClFN4O4. The second kappa shape index (κ2) is 15.8. The Balaban J connectivity index is 0.000000208. The standard InChI is InChI=1S/C22H21ClN2O2.C22H21FN2O2/c2*1-14-5-8-20-17(9-14)18(23)12-25(20)13-22(3,27)21(26)11-16-6-7-19(24-4)15(2)10-16/h2*5-10,12,27H,11,13H2,1-3H3/t2*22-/m00/s1. The van der Waals surface area contributed by atoms with Gasteiger partial charge in [-0.3, -0.25) is 9.59 Å². The smallest absolute Gasteiger partial charge is 0.190 e. The number of carbonyl (C=O) groups is 2. The second-order valence-corrected chi connectivity index (χ2v) is 14.9. The van der Waals surface area contributed by atoms with Crippen molar-refractivity contribution in [3.63, 3.8) is 0 Å². The number of aryl methyl sites for hydroxylation is 4. The summed E-state index contributed by atoms with van der Waals surface area (Å²) in [5.74, 6) is -1.00. The lowest BCUT2D eigenvalue weighted by Gasteiger charge is -2.23. The van der Waals surface area contributed by atoms with Crippen LogP contribution >= 0.6 is 11.6 Å². The van der Waals surface area contributed by atoms with Gasteiger partial charge in [-0.15, -0.1) is 0 Å². The summed E-state index contributed by atoms with van der Waals surface area (Å²) in [5, 5.41) is 23.6. The van der Waals surface area contributed by atoms with Crippen LogP contribution in [0.2, 0.25) is 5.02 Å². The average Bonchev–Trinajstić information content (AvgIpc) is 3.57. The molecule has 0 saturated heterocycles. The highest BCUT2D eigenvalue weighted by molar-refractivity contribution is 6.35. The first-order chi connectivity index (χ1) is 25.4. The van der Waals surface area contributed by atoms with Gasteiger partial charge in [0.25, 0.3) is 0 Å². The number of hydrogen-bond acceptors (Lipinski definition) is 4. The lowest BCUT2D eigenvalue weighted by molar-refractivity contribution is -0.136. The second-order valence-electron chi connectivity index (χ2n) is 14.5. The molecule has 0 bridgehead atoms. The maximum absolute atomic E-state index is 14.2. The molecule has 0 amide bonds. The minimum Gasteiger partial charge on any atom is -0.380 e. The number of aliphatic hydroxyl groups is 2. The van der Waals surface area contributed by atoms with E-state index in [0.29, 0.717) is 27.3 Å². The van der Waals surface area contributed by atoms with Gasteiger partial charge < -0.3 is 19.3 Å². The van der Waals surface area contributed by atoms with E-state index in [1.54, 1.807) is 53.2 Å². The highest BCUT2D eigenvalue weighted by atomic mass is 35.5. The molecule has 0 aliphatic rings. The van der Waals surface area contributed by atoms with Gasteiger partial charge >= 0.3 is 0 Å². The number of ketones is 2. The zero-order valence-electron chi connectivity index (χ0n) is 31.2. The minimum absolute atomic E-state index is 0.0333. The number of fused-ring (bicyclic) bond motifs is 2. The topological polar surface area (TPSA) is 93.2 Å². The zero-order valence-corrected chi connectivity index (χ0v) is 31.9. The van der Waals surface area contributed by atoms with Crippen LogP contribution in [0.5, 0.6) is 0 Å². The molecule has 0 spiro atoms. The number of halogens is 2. The molecule has 10 heteroatoms. The Bertz CT molecular complexity index is 2320. The van der Waals surface area contributed by atoms with Crippen LogP contribution in [0.1, 0.15) is 47.2 Å². The summed E-state index contributed by atoms with van der Waals surface area (Å²) < 4.78 is 17.6. The van der Waals surface area contributed by atoms with Gasteiger partial charge in [0, 0.05) is 41.5 Å². The maximum Gasteiger partial charge on any atom is 0.190 e. The predicted molar refractivity (Wildman–Crippen MR) is 212 cm³/mol. The normalized spacial score (nSPS) is 13.3. The van der Waals surface area contributed by atoms with E-state index in [0.717, 1.165) is 44.3 Å². The van der Waals surface area contributed by atoms with Crippen molar-refractivity contribution in [2.75, 3.05) is 0 Å². The van der Waals surface area contributed by atoms with Crippen LogP contribution in [0, 0.1) is 46.7 Å². The molecule has 0 fully saturated rings. The van der Waals surface area contributed by atoms with Crippen LogP contribution in [0.15, 0.2) is 85.2 Å². The Morgan fingerprint density at radius 2 is 1.11 bits per heavy atom. The van der Waals surface area contributed by atoms with E-state index < -0.39 is 11.2 Å². The van der Waals surface area contributed by atoms with Gasteiger partial charge in [-0.25, -0.2) is 14.1 Å². The third-order valence-electron chi connectivity index (χ3n) is 9.63. The number of hydrogen-bond donors (Lipinski definition) is 2. The Labute approximate surface area is 319 Å². The van der Waals surface area contributed by atoms with Gasteiger partial charge in [-0.1, -0.05) is 71.3 Å². The third-order valence-corrected chi connectivity index (χ3v) is 9.93. The largest absolute Gasteiger partial charge is 0.380 e. The summed E-state index contributed by atoms with van der Waals surface area (Å²) >= 11 is 6.32. The average molecular weight is 745 g/mol. The number of aromatic nitrogens is 2. The van der Waals surface area contributed by atoms with E-state index in [1.165, 1.54) is 20.0 Å². The number of rotatable bonds is 10. The van der Waals surface area contributed by atoms with Crippen molar-refractivity contribution in [1.82, 2.24) is 9.13 Å². The Morgan fingerprint density at radius 1 is 0.685 bits per heavy atom. The molecule has 2 heterocycles. The van der Waals surface area contributed by atoms with Crippen LogP contribution in [0.3, 0.4) is 0 Å². The van der Waals surface area contributed by atoms with Crippen LogP contribution in [-0.2, 0) is 35.5 Å². The SMILES string of the molecule is [C-]#[N+]c1ccc(CC(=O)[C@@](C)(O)Cn2cc(Cl)c3cc(C)ccc32)cc1C.[C-]#[N+]c1ccc(CC(=O)[C@@](C)(O)Cn2cc(F)c3cc(C)ccc32)cc1C. The molecule has 2 atom stereocenters. The minimum atomic E-state index is -1.64. The van der Waals surface area contributed by atoms with Crippen LogP contribution in [0.25, 0.3) is 31.5 Å². The molecule has 0 radical (unpaired) electrons. The third kappa shape index (κ3) is 8.78. The number of nitrogens with zero attached hydrogens (tertiary/aromatic N) is 4. The van der Waals surface area contributed by atoms with Crippen LogP contribution in [0.4, 0.5) is 15.8 Å². The molecule has 0 unspecified atom stereocenters. The van der Waals surface area contributed by atoms with Gasteiger partial charge in [-0.05, 0) is 88.1 Å². The van der Waals surface area contributed by atoms with Gasteiger partial charge in [0.05, 0.1) is 36.8 Å². The molecule has 0 aliphatic carbocycles. The fourth-order valence-corrected chi connectivity index (χ4v) is 6.76. The van der Waals surface area contributed by atoms with Crippen molar-refractivity contribution in [2.24, 2.45) is 0 Å². The van der Waals surface area contributed by atoms with Gasteiger partial charge in [-0.2, -0.15) is 0 Å². The summed E-state index contributed by atoms with van der Waals surface area (Å²) in [7, 11) is 0. The predicted octanol–water partition coefficient (Wildman–Crippen LogP) is 9.54. The first-order valence-corrected chi connectivity index (χ1v) is 17.8. The van der Waals surface area contributed by atoms with Crippen molar-refractivity contribution in [1.29, 1.82) is 0 Å². The van der Waals surface area contributed by atoms with Crippen LogP contribution < -0.4 is 0 Å². The lowest BCUT2D eigenvalue weighted by atomic mass is 9.94. The van der Waals surface area contributed by atoms with E-state index in [1.807, 2.05) is 62.6 Å². The van der Waals surface area contributed by atoms with Crippen LogP contribution in [-0.4, -0.2) is 42.1 Å². The fraction of sp³-hybridized carbons (Fsp3) is 0.273. The number of Topliss-reactive ketones (excluding diaryl/α,β-unsaturated/α-hetero) is 2. The fourth-order valence-electron chi connectivity index (χ4n) is 6.49. The van der Waals surface area contributed by atoms with E-state index in [-0.39, 0.29) is 43.3 Å². The lowest BCUT2D eigenvalue weighted by Crippen LogP contribution is -2.40. The molecule has 276 valence electrons. The highest BCUT2D eigenvalue weighted by Crippen LogP contribution is 2.29. The van der Waals surface area contributed by atoms with Crippen molar-refractivity contribution in [3.8, 4) is 0 Å². The molecule has 54 heavy (non-hydrogen) atoms. The summed E-state index contributed by atoms with van der Waals surface area (Å²) in [6.07, 6.45) is 3.23. The van der Waals surface area contributed by atoms with Gasteiger partial charge in [0.15, 0.2) is 22.9 Å². The molecule has 6 rings (SSSR count). The Morgan fingerprint density at radius 3 is 1.56 bits per heavy atom. The van der Waals surface area contributed by atoms with Gasteiger partial charge in [0.1, 0.15) is 17.0 Å². The molecule has 6 aromatic rings. The van der Waals surface area contributed by atoms with E-state index in [2.05, 4.69) is 9.69 Å². The van der Waals surface area contributed by atoms with Crippen molar-refractivity contribution >= 4 is 56.3 Å². The van der Waals surface area contributed by atoms with E-state index >= 15 is 0 Å². The first-order valence-electron chi connectivity index (χ1n) is 17.4. The Kier molecular flexibility index (Phi) is 11.6. The quantitative estimate of drug-likeness (QED) is 0.137. The molecule has 2 N–H and O–H groups in total. The molecule has 0 aliphatic heterocycles. The summed E-state index contributed by atoms with van der Waals surface area (Å²) in [6.45, 7) is 24.8. The van der Waals surface area contributed by atoms with Gasteiger partial charge in [0.2, 0.25) is 0 Å². The maximum atomic E-state index is 14.2. The monoisotopic (exact) mass is 744 g/mol. The van der Waals surface area contributed by atoms with Crippen molar-refractivity contribution in [3.05, 3.63) is 152 Å². The Hall–Kier alpha value is -5.58. The summed E-state index contributed by atoms with van der Waals surface area (Å²) in [4.78, 5) is 32.3. The van der Waals surface area contributed by atoms with Crippen molar-refractivity contribution in [2.45, 2.75) is 78.7 Å². The highest BCUT2D eigenvalue weighted by Gasteiger charge is 2.32.